The number of amides is 2. The zero-order valence-corrected chi connectivity index (χ0v) is 14.3. The van der Waals surface area contributed by atoms with Crippen molar-refractivity contribution in [2.45, 2.75) is 38.1 Å². The number of carbonyl (C=O) groups excluding carboxylic acids is 2. The summed E-state index contributed by atoms with van der Waals surface area (Å²) >= 11 is 0. The number of halogens is 1. The van der Waals surface area contributed by atoms with Gasteiger partial charge in [0.25, 0.3) is 5.91 Å². The summed E-state index contributed by atoms with van der Waals surface area (Å²) in [5.74, 6) is -0.806. The van der Waals surface area contributed by atoms with E-state index in [1.807, 2.05) is 12.1 Å². The Kier molecular flexibility index (Phi) is 4.41. The van der Waals surface area contributed by atoms with Crippen LogP contribution in [-0.4, -0.2) is 16.8 Å². The van der Waals surface area contributed by atoms with E-state index in [0.29, 0.717) is 24.4 Å². The van der Waals surface area contributed by atoms with Crippen molar-refractivity contribution in [3.63, 3.8) is 0 Å². The van der Waals surface area contributed by atoms with Crippen LogP contribution >= 0.6 is 0 Å². The molecule has 2 amide bonds. The maximum Gasteiger partial charge on any atom is 0.254 e. The molecule has 1 aromatic heterocycles. The van der Waals surface area contributed by atoms with E-state index < -0.39 is 11.7 Å². The number of rotatable bonds is 4. The molecule has 0 saturated heterocycles. The van der Waals surface area contributed by atoms with E-state index in [1.54, 1.807) is 18.5 Å². The van der Waals surface area contributed by atoms with Gasteiger partial charge in [-0.1, -0.05) is 6.42 Å². The molecule has 0 radical (unpaired) electrons. The number of pyridine rings is 1. The number of hydrogen-bond donors (Lipinski definition) is 2. The fourth-order valence-electron chi connectivity index (χ4n) is 3.61. The molecule has 2 N–H and O–H groups in total. The van der Waals surface area contributed by atoms with Crippen molar-refractivity contribution >= 4 is 17.5 Å². The molecule has 1 fully saturated rings. The smallest absolute Gasteiger partial charge is 0.254 e. The van der Waals surface area contributed by atoms with Gasteiger partial charge in [0, 0.05) is 24.5 Å². The van der Waals surface area contributed by atoms with Crippen LogP contribution in [0.4, 0.5) is 10.1 Å². The summed E-state index contributed by atoms with van der Waals surface area (Å²) in [5, 5.41) is 5.67. The van der Waals surface area contributed by atoms with Gasteiger partial charge in [0.05, 0.1) is 11.6 Å². The second-order valence-electron chi connectivity index (χ2n) is 6.96. The van der Waals surface area contributed by atoms with Crippen molar-refractivity contribution in [3.8, 4) is 0 Å². The molecule has 5 nitrogen and oxygen atoms in total. The lowest BCUT2D eigenvalue weighted by Gasteiger charge is -2.34. The van der Waals surface area contributed by atoms with Crippen LogP contribution in [0.25, 0.3) is 0 Å². The van der Waals surface area contributed by atoms with Crippen LogP contribution in [0.5, 0.6) is 0 Å². The van der Waals surface area contributed by atoms with Gasteiger partial charge in [-0.05, 0) is 60.6 Å². The molecule has 2 aromatic rings. The lowest BCUT2D eigenvalue weighted by Crippen LogP contribution is -2.36. The number of fused-ring (bicyclic) bond motifs is 1. The number of nitrogens with zero attached hydrogens (tertiary/aromatic N) is 1. The Labute approximate surface area is 151 Å². The maximum absolute atomic E-state index is 14.5. The van der Waals surface area contributed by atoms with E-state index in [4.69, 9.17) is 0 Å². The Hall–Kier alpha value is -2.76. The topological polar surface area (TPSA) is 71.1 Å². The highest BCUT2D eigenvalue weighted by atomic mass is 19.1. The van der Waals surface area contributed by atoms with Gasteiger partial charge in [-0.25, -0.2) is 4.39 Å². The first-order valence-corrected chi connectivity index (χ1v) is 8.95. The van der Waals surface area contributed by atoms with E-state index in [1.165, 1.54) is 6.07 Å². The van der Waals surface area contributed by atoms with Crippen LogP contribution in [0.1, 0.15) is 53.2 Å². The van der Waals surface area contributed by atoms with Crippen LogP contribution in [0.3, 0.4) is 0 Å². The number of anilines is 1. The third-order valence-electron chi connectivity index (χ3n) is 5.31. The maximum atomic E-state index is 14.5. The van der Waals surface area contributed by atoms with Crippen LogP contribution < -0.4 is 10.6 Å². The molecule has 1 atom stereocenters. The standard InChI is InChI=1S/C20H20FN3O2/c21-16-11-17-14(4-5-18(25)23-17)10-15(16)20(26)24-19(12-2-1-3-12)13-6-8-22-9-7-13/h6-12,19H,1-5H2,(H,23,25)(H,24,26). The van der Waals surface area contributed by atoms with Crippen molar-refractivity contribution in [2.24, 2.45) is 5.92 Å². The van der Waals surface area contributed by atoms with E-state index in [9.17, 15) is 14.0 Å². The second-order valence-corrected chi connectivity index (χ2v) is 6.96. The van der Waals surface area contributed by atoms with E-state index in [2.05, 4.69) is 15.6 Å². The van der Waals surface area contributed by atoms with Crippen LogP contribution in [0, 0.1) is 11.7 Å². The molecule has 1 saturated carbocycles. The van der Waals surface area contributed by atoms with Crippen molar-refractivity contribution in [2.75, 3.05) is 5.32 Å². The molecular weight excluding hydrogens is 333 g/mol. The minimum absolute atomic E-state index is 0.0262. The Morgan fingerprint density at radius 2 is 2.00 bits per heavy atom. The van der Waals surface area contributed by atoms with Gasteiger partial charge in [0.2, 0.25) is 5.91 Å². The molecule has 1 unspecified atom stereocenters. The first kappa shape index (κ1) is 16.7. The number of hydrogen-bond acceptors (Lipinski definition) is 3. The fourth-order valence-corrected chi connectivity index (χ4v) is 3.61. The summed E-state index contributed by atoms with van der Waals surface area (Å²) in [6.07, 6.45) is 7.51. The molecule has 4 rings (SSSR count). The molecular formula is C20H20FN3O2. The minimum Gasteiger partial charge on any atom is -0.345 e. The van der Waals surface area contributed by atoms with Gasteiger partial charge in [0.15, 0.2) is 0 Å². The summed E-state index contributed by atoms with van der Waals surface area (Å²) in [5.41, 5.74) is 2.27. The van der Waals surface area contributed by atoms with Gasteiger partial charge >= 0.3 is 0 Å². The second kappa shape index (κ2) is 6.86. The Bertz CT molecular complexity index is 850. The Morgan fingerprint density at radius 1 is 1.23 bits per heavy atom. The van der Waals surface area contributed by atoms with Crippen molar-refractivity contribution in [1.82, 2.24) is 10.3 Å². The van der Waals surface area contributed by atoms with Gasteiger partial charge < -0.3 is 10.6 Å². The molecule has 26 heavy (non-hydrogen) atoms. The zero-order valence-electron chi connectivity index (χ0n) is 14.3. The quantitative estimate of drug-likeness (QED) is 0.885. The van der Waals surface area contributed by atoms with E-state index in [-0.39, 0.29) is 17.5 Å². The van der Waals surface area contributed by atoms with Gasteiger partial charge in [-0.2, -0.15) is 0 Å². The van der Waals surface area contributed by atoms with E-state index >= 15 is 0 Å². The summed E-state index contributed by atoms with van der Waals surface area (Å²) in [6.45, 7) is 0. The zero-order chi connectivity index (χ0) is 18.1. The Morgan fingerprint density at radius 3 is 2.69 bits per heavy atom. The van der Waals surface area contributed by atoms with Crippen molar-refractivity contribution in [3.05, 3.63) is 59.2 Å². The van der Waals surface area contributed by atoms with Crippen molar-refractivity contribution in [1.29, 1.82) is 0 Å². The third kappa shape index (κ3) is 3.19. The largest absolute Gasteiger partial charge is 0.345 e. The van der Waals surface area contributed by atoms with Gasteiger partial charge in [0.1, 0.15) is 5.82 Å². The summed E-state index contributed by atoms with van der Waals surface area (Å²) < 4.78 is 14.5. The number of carbonyl (C=O) groups is 2. The van der Waals surface area contributed by atoms with E-state index in [0.717, 1.165) is 30.4 Å². The number of aryl methyl sites for hydroxylation is 1. The Balaban J connectivity index is 1.59. The molecule has 0 bridgehead atoms. The van der Waals surface area contributed by atoms with Crippen LogP contribution in [0.2, 0.25) is 0 Å². The predicted molar refractivity (Wildman–Crippen MR) is 95.1 cm³/mol. The lowest BCUT2D eigenvalue weighted by molar-refractivity contribution is -0.116. The van der Waals surface area contributed by atoms with Crippen LogP contribution in [0.15, 0.2) is 36.7 Å². The SMILES string of the molecule is O=C1CCc2cc(C(=O)NC(c3ccncc3)C3CCC3)c(F)cc2N1. The molecule has 1 aliphatic carbocycles. The van der Waals surface area contributed by atoms with Crippen LogP contribution in [-0.2, 0) is 11.2 Å². The lowest BCUT2D eigenvalue weighted by atomic mass is 9.77. The summed E-state index contributed by atoms with van der Waals surface area (Å²) in [4.78, 5) is 28.3. The highest BCUT2D eigenvalue weighted by Crippen LogP contribution is 2.38. The first-order valence-electron chi connectivity index (χ1n) is 8.95. The fraction of sp³-hybridized carbons (Fsp3) is 0.350. The molecule has 134 valence electrons. The number of nitrogens with one attached hydrogen (secondary N) is 2. The minimum atomic E-state index is -0.620. The third-order valence-corrected chi connectivity index (χ3v) is 5.31. The molecule has 1 aliphatic heterocycles. The summed E-state index contributed by atoms with van der Waals surface area (Å²) in [7, 11) is 0. The molecule has 6 heteroatoms. The molecule has 2 heterocycles. The van der Waals surface area contributed by atoms with Gasteiger partial charge in [-0.15, -0.1) is 0 Å². The highest BCUT2D eigenvalue weighted by molar-refractivity contribution is 5.98. The van der Waals surface area contributed by atoms with Gasteiger partial charge in [-0.3, -0.25) is 14.6 Å². The number of benzene rings is 1. The first-order chi connectivity index (χ1) is 12.6. The summed E-state index contributed by atoms with van der Waals surface area (Å²) in [6, 6.07) is 6.44. The monoisotopic (exact) mass is 353 g/mol. The normalized spacial score (nSPS) is 17.7. The average Bonchev–Trinajstić information content (AvgIpc) is 2.59. The predicted octanol–water partition coefficient (Wildman–Crippen LogP) is 3.38. The average molecular weight is 353 g/mol. The molecule has 2 aliphatic rings. The number of aromatic nitrogens is 1. The molecule has 0 spiro atoms. The molecule has 1 aromatic carbocycles. The highest BCUT2D eigenvalue weighted by Gasteiger charge is 2.31. The van der Waals surface area contributed by atoms with Crippen molar-refractivity contribution < 1.29 is 14.0 Å².